The summed E-state index contributed by atoms with van der Waals surface area (Å²) in [5, 5.41) is 1.56. The predicted molar refractivity (Wildman–Crippen MR) is 96.9 cm³/mol. The first-order chi connectivity index (χ1) is 11.6. The van der Waals surface area contributed by atoms with E-state index in [-0.39, 0.29) is 6.04 Å². The van der Waals surface area contributed by atoms with Crippen LogP contribution >= 0.6 is 0 Å². The summed E-state index contributed by atoms with van der Waals surface area (Å²) in [5.74, 6) is 0.740. The van der Waals surface area contributed by atoms with E-state index >= 15 is 0 Å². The van der Waals surface area contributed by atoms with E-state index in [1.807, 2.05) is 24.3 Å². The second-order valence-electron chi connectivity index (χ2n) is 6.41. The highest BCUT2D eigenvalue weighted by atomic mass is 32.2. The van der Waals surface area contributed by atoms with Crippen LogP contribution in [0, 0.1) is 0 Å². The molecular weight excluding hydrogens is 322 g/mol. The smallest absolute Gasteiger partial charge is 0.241 e. The molecule has 1 aliphatic rings. The van der Waals surface area contributed by atoms with E-state index in [0.717, 1.165) is 48.6 Å². The van der Waals surface area contributed by atoms with E-state index in [0.29, 0.717) is 11.5 Å². The van der Waals surface area contributed by atoms with Crippen LogP contribution in [0.2, 0.25) is 0 Å². The maximum absolute atomic E-state index is 12.9. The lowest BCUT2D eigenvalue weighted by molar-refractivity contribution is 0.321. The topological polar surface area (TPSA) is 55.4 Å². The second kappa shape index (κ2) is 7.53. The van der Waals surface area contributed by atoms with Crippen LogP contribution in [-0.2, 0) is 10.0 Å². The van der Waals surface area contributed by atoms with Crippen LogP contribution in [0.4, 0.5) is 0 Å². The van der Waals surface area contributed by atoms with Crippen molar-refractivity contribution in [3.05, 3.63) is 36.4 Å². The van der Waals surface area contributed by atoms with Crippen LogP contribution in [0.5, 0.6) is 5.75 Å². The molecule has 2 aromatic rings. The van der Waals surface area contributed by atoms with E-state index in [1.54, 1.807) is 12.1 Å². The Labute approximate surface area is 144 Å². The van der Waals surface area contributed by atoms with Gasteiger partial charge in [0.1, 0.15) is 5.75 Å². The fraction of sp³-hybridized carbons (Fsp3) is 0.474. The average Bonchev–Trinajstić information content (AvgIpc) is 2.60. The number of benzene rings is 2. The summed E-state index contributed by atoms with van der Waals surface area (Å²) < 4.78 is 34.4. The van der Waals surface area contributed by atoms with Crippen molar-refractivity contribution in [1.82, 2.24) is 4.72 Å². The largest absolute Gasteiger partial charge is 0.493 e. The third-order valence-electron chi connectivity index (χ3n) is 4.52. The molecule has 1 aliphatic carbocycles. The Morgan fingerprint density at radius 1 is 1.04 bits per heavy atom. The Morgan fingerprint density at radius 2 is 1.75 bits per heavy atom. The zero-order valence-corrected chi connectivity index (χ0v) is 14.9. The SMILES string of the molecule is CCCOc1ccc(S(=O)(=O)NC2CCCCC2)c2ccccc12. The van der Waals surface area contributed by atoms with E-state index in [9.17, 15) is 8.42 Å². The number of sulfonamides is 1. The number of ether oxygens (including phenoxy) is 1. The van der Waals surface area contributed by atoms with Crippen molar-refractivity contribution in [2.75, 3.05) is 6.61 Å². The number of hydrogen-bond acceptors (Lipinski definition) is 3. The minimum atomic E-state index is -3.53. The molecule has 1 saturated carbocycles. The molecule has 5 heteroatoms. The second-order valence-corrected chi connectivity index (χ2v) is 8.09. The molecule has 0 heterocycles. The predicted octanol–water partition coefficient (Wildman–Crippen LogP) is 4.24. The van der Waals surface area contributed by atoms with Gasteiger partial charge < -0.3 is 4.74 Å². The van der Waals surface area contributed by atoms with Gasteiger partial charge in [-0.05, 0) is 31.4 Å². The first-order valence-corrected chi connectivity index (χ1v) is 10.3. The van der Waals surface area contributed by atoms with Crippen LogP contribution in [0.25, 0.3) is 10.8 Å². The van der Waals surface area contributed by atoms with Gasteiger partial charge in [-0.3, -0.25) is 0 Å². The van der Waals surface area contributed by atoms with Gasteiger partial charge in [0.2, 0.25) is 10.0 Å². The number of rotatable bonds is 6. The highest BCUT2D eigenvalue weighted by Crippen LogP contribution is 2.31. The lowest BCUT2D eigenvalue weighted by Gasteiger charge is -2.23. The fourth-order valence-corrected chi connectivity index (χ4v) is 4.84. The third kappa shape index (κ3) is 3.73. The molecule has 0 aliphatic heterocycles. The highest BCUT2D eigenvalue weighted by Gasteiger charge is 2.24. The van der Waals surface area contributed by atoms with Gasteiger partial charge in [0, 0.05) is 16.8 Å². The molecule has 0 amide bonds. The molecule has 2 aromatic carbocycles. The molecule has 1 fully saturated rings. The highest BCUT2D eigenvalue weighted by molar-refractivity contribution is 7.89. The van der Waals surface area contributed by atoms with E-state index in [4.69, 9.17) is 4.74 Å². The summed E-state index contributed by atoms with van der Waals surface area (Å²) >= 11 is 0. The monoisotopic (exact) mass is 347 g/mol. The van der Waals surface area contributed by atoms with Crippen molar-refractivity contribution in [1.29, 1.82) is 0 Å². The molecule has 0 saturated heterocycles. The number of fused-ring (bicyclic) bond motifs is 1. The molecule has 1 N–H and O–H groups in total. The summed E-state index contributed by atoms with van der Waals surface area (Å²) in [5.41, 5.74) is 0. The van der Waals surface area contributed by atoms with Gasteiger partial charge in [0.25, 0.3) is 0 Å². The maximum Gasteiger partial charge on any atom is 0.241 e. The minimum absolute atomic E-state index is 0.0542. The zero-order valence-electron chi connectivity index (χ0n) is 14.1. The average molecular weight is 347 g/mol. The van der Waals surface area contributed by atoms with Gasteiger partial charge in [-0.2, -0.15) is 0 Å². The van der Waals surface area contributed by atoms with E-state index in [1.165, 1.54) is 6.42 Å². The molecule has 0 aromatic heterocycles. The van der Waals surface area contributed by atoms with Gasteiger partial charge in [0.15, 0.2) is 0 Å². The molecule has 4 nitrogen and oxygen atoms in total. The summed E-state index contributed by atoms with van der Waals surface area (Å²) in [4.78, 5) is 0.340. The molecule has 130 valence electrons. The normalized spacial score (nSPS) is 16.4. The van der Waals surface area contributed by atoms with Crippen molar-refractivity contribution in [3.63, 3.8) is 0 Å². The molecular formula is C19H25NO3S. The van der Waals surface area contributed by atoms with Crippen LogP contribution in [-0.4, -0.2) is 21.1 Å². The van der Waals surface area contributed by atoms with Crippen molar-refractivity contribution < 1.29 is 13.2 Å². The standard InChI is InChI=1S/C19H25NO3S/c1-2-14-23-18-12-13-19(17-11-7-6-10-16(17)18)24(21,22)20-15-8-4-3-5-9-15/h6-7,10-13,15,20H,2-5,8-9,14H2,1H3. The summed E-state index contributed by atoms with van der Waals surface area (Å²) in [6.07, 6.45) is 6.15. The lowest BCUT2D eigenvalue weighted by Crippen LogP contribution is -2.36. The lowest BCUT2D eigenvalue weighted by atomic mass is 9.96. The van der Waals surface area contributed by atoms with Crippen molar-refractivity contribution in [3.8, 4) is 5.75 Å². The first-order valence-electron chi connectivity index (χ1n) is 8.78. The molecule has 0 bridgehead atoms. The van der Waals surface area contributed by atoms with Crippen molar-refractivity contribution >= 4 is 20.8 Å². The number of nitrogens with one attached hydrogen (secondary N) is 1. The Balaban J connectivity index is 1.96. The molecule has 0 atom stereocenters. The van der Waals surface area contributed by atoms with Gasteiger partial charge in [-0.15, -0.1) is 0 Å². The number of hydrogen-bond donors (Lipinski definition) is 1. The summed E-state index contributed by atoms with van der Waals surface area (Å²) in [6, 6.07) is 11.0. The maximum atomic E-state index is 12.9. The van der Waals surface area contributed by atoms with Gasteiger partial charge in [-0.25, -0.2) is 13.1 Å². The van der Waals surface area contributed by atoms with E-state index in [2.05, 4.69) is 11.6 Å². The first kappa shape index (κ1) is 17.2. The van der Waals surface area contributed by atoms with Crippen LogP contribution in [0.3, 0.4) is 0 Å². The summed E-state index contributed by atoms with van der Waals surface area (Å²) in [6.45, 7) is 2.67. The molecule has 0 unspecified atom stereocenters. The van der Waals surface area contributed by atoms with Crippen molar-refractivity contribution in [2.24, 2.45) is 0 Å². The van der Waals surface area contributed by atoms with Crippen molar-refractivity contribution in [2.45, 2.75) is 56.4 Å². The Bertz CT molecular complexity index is 795. The Kier molecular flexibility index (Phi) is 5.41. The van der Waals surface area contributed by atoms with E-state index < -0.39 is 10.0 Å². The fourth-order valence-electron chi connectivity index (χ4n) is 3.32. The molecule has 3 rings (SSSR count). The summed E-state index contributed by atoms with van der Waals surface area (Å²) in [7, 11) is -3.53. The quantitative estimate of drug-likeness (QED) is 0.850. The van der Waals surface area contributed by atoms with Gasteiger partial charge in [0.05, 0.1) is 11.5 Å². The van der Waals surface area contributed by atoms with Crippen LogP contribution < -0.4 is 9.46 Å². The van der Waals surface area contributed by atoms with Gasteiger partial charge in [-0.1, -0.05) is 50.5 Å². The molecule has 0 spiro atoms. The van der Waals surface area contributed by atoms with Crippen LogP contribution in [0.1, 0.15) is 45.4 Å². The molecule has 0 radical (unpaired) electrons. The van der Waals surface area contributed by atoms with Gasteiger partial charge >= 0.3 is 0 Å². The minimum Gasteiger partial charge on any atom is -0.493 e. The third-order valence-corrected chi connectivity index (χ3v) is 6.10. The molecule has 24 heavy (non-hydrogen) atoms. The Hall–Kier alpha value is -1.59. The zero-order chi connectivity index (χ0) is 17.0. The van der Waals surface area contributed by atoms with Crippen LogP contribution in [0.15, 0.2) is 41.3 Å². The Morgan fingerprint density at radius 3 is 2.46 bits per heavy atom.